The lowest BCUT2D eigenvalue weighted by Crippen LogP contribution is -2.35. The number of ether oxygens (including phenoxy) is 1. The minimum absolute atomic E-state index is 0.0230. The van der Waals surface area contributed by atoms with Gasteiger partial charge >= 0.3 is 0 Å². The van der Waals surface area contributed by atoms with Crippen LogP contribution in [0, 0.1) is 0 Å². The van der Waals surface area contributed by atoms with E-state index in [2.05, 4.69) is 5.32 Å². The van der Waals surface area contributed by atoms with E-state index < -0.39 is 10.0 Å². The van der Waals surface area contributed by atoms with Crippen molar-refractivity contribution in [3.8, 4) is 0 Å². The van der Waals surface area contributed by atoms with Crippen LogP contribution in [-0.4, -0.2) is 40.5 Å². The molecule has 2 rings (SSSR count). The summed E-state index contributed by atoms with van der Waals surface area (Å²) in [5.74, 6) is 0.0230. The summed E-state index contributed by atoms with van der Waals surface area (Å²) in [7, 11) is -3.32. The molecule has 1 aromatic carbocycles. The third kappa shape index (κ3) is 3.39. The van der Waals surface area contributed by atoms with Crippen molar-refractivity contribution in [2.45, 2.75) is 13.3 Å². The average molecular weight is 284 g/mol. The topological polar surface area (TPSA) is 58.6 Å². The summed E-state index contributed by atoms with van der Waals surface area (Å²) >= 11 is 0. The molecule has 0 amide bonds. The largest absolute Gasteiger partial charge is 0.383 e. The number of nitrogens with one attached hydrogen (secondary N) is 1. The van der Waals surface area contributed by atoms with Crippen molar-refractivity contribution in [3.63, 3.8) is 0 Å². The predicted molar refractivity (Wildman–Crippen MR) is 77.2 cm³/mol. The number of benzene rings is 1. The quantitative estimate of drug-likeness (QED) is 0.836. The van der Waals surface area contributed by atoms with Gasteiger partial charge in [0, 0.05) is 19.7 Å². The molecule has 0 aliphatic carbocycles. The van der Waals surface area contributed by atoms with Crippen LogP contribution in [0.5, 0.6) is 0 Å². The molecule has 0 spiro atoms. The van der Waals surface area contributed by atoms with E-state index in [1.54, 1.807) is 0 Å². The molecule has 1 N–H and O–H groups in total. The molecule has 1 aromatic rings. The molecule has 6 heteroatoms. The Balaban J connectivity index is 2.23. The molecule has 5 nitrogen and oxygen atoms in total. The highest BCUT2D eigenvalue weighted by atomic mass is 32.2. The molecule has 106 valence electrons. The molecule has 0 saturated carbocycles. The van der Waals surface area contributed by atoms with Gasteiger partial charge in [-0.1, -0.05) is 12.1 Å². The van der Waals surface area contributed by atoms with Gasteiger partial charge in [0.1, 0.15) is 0 Å². The fourth-order valence-corrected chi connectivity index (χ4v) is 3.53. The van der Waals surface area contributed by atoms with Gasteiger partial charge < -0.3 is 10.1 Å². The Morgan fingerprint density at radius 2 is 2.16 bits per heavy atom. The number of hydrogen-bond acceptors (Lipinski definition) is 4. The molecule has 19 heavy (non-hydrogen) atoms. The highest BCUT2D eigenvalue weighted by molar-refractivity contribution is 7.92. The molecular weight excluding hydrogens is 264 g/mol. The maximum absolute atomic E-state index is 12.4. The first-order valence-corrected chi connectivity index (χ1v) is 8.17. The van der Waals surface area contributed by atoms with Crippen molar-refractivity contribution < 1.29 is 13.2 Å². The lowest BCUT2D eigenvalue weighted by molar-refractivity contribution is 0.163. The van der Waals surface area contributed by atoms with Crippen molar-refractivity contribution in [1.82, 2.24) is 0 Å². The lowest BCUT2D eigenvalue weighted by atomic mass is 10.2. The van der Waals surface area contributed by atoms with Gasteiger partial charge in [0.2, 0.25) is 10.0 Å². The van der Waals surface area contributed by atoms with Crippen molar-refractivity contribution in [3.05, 3.63) is 24.3 Å². The normalized spacial score (nSPS) is 15.5. The van der Waals surface area contributed by atoms with Crippen LogP contribution in [0.3, 0.4) is 0 Å². The zero-order chi connectivity index (χ0) is 13.7. The van der Waals surface area contributed by atoms with E-state index in [1.165, 1.54) is 4.31 Å². The van der Waals surface area contributed by atoms with Crippen LogP contribution < -0.4 is 9.62 Å². The minimum atomic E-state index is -3.32. The van der Waals surface area contributed by atoms with Crippen molar-refractivity contribution in [2.75, 3.05) is 41.7 Å². The molecule has 0 unspecified atom stereocenters. The number of hydrogen-bond donors (Lipinski definition) is 1. The Bertz CT molecular complexity index is 516. The van der Waals surface area contributed by atoms with E-state index >= 15 is 0 Å². The van der Waals surface area contributed by atoms with Gasteiger partial charge in [-0.3, -0.25) is 4.31 Å². The van der Waals surface area contributed by atoms with Crippen molar-refractivity contribution in [2.24, 2.45) is 0 Å². The SMILES string of the molecule is CCOCCS(=O)(=O)N1CCCNc2ccccc21. The number of sulfonamides is 1. The van der Waals surface area contributed by atoms with E-state index in [9.17, 15) is 8.42 Å². The van der Waals surface area contributed by atoms with E-state index in [0.29, 0.717) is 13.2 Å². The van der Waals surface area contributed by atoms with Gasteiger partial charge in [0.15, 0.2) is 0 Å². The van der Waals surface area contributed by atoms with Crippen LogP contribution in [-0.2, 0) is 14.8 Å². The Labute approximate surface area is 114 Å². The molecule has 0 saturated heterocycles. The molecule has 0 radical (unpaired) electrons. The van der Waals surface area contributed by atoms with Gasteiger partial charge in [-0.05, 0) is 25.5 Å². The van der Waals surface area contributed by atoms with Crippen LogP contribution in [0.2, 0.25) is 0 Å². The standard InChI is InChI=1S/C13H20N2O3S/c1-2-18-10-11-19(16,17)15-9-5-8-14-12-6-3-4-7-13(12)15/h3-4,6-7,14H,2,5,8-11H2,1H3. The molecular formula is C13H20N2O3S. The first-order chi connectivity index (χ1) is 9.15. The van der Waals surface area contributed by atoms with E-state index in [1.807, 2.05) is 31.2 Å². The van der Waals surface area contributed by atoms with E-state index in [0.717, 1.165) is 24.3 Å². The second-order valence-corrected chi connectivity index (χ2v) is 6.40. The third-order valence-electron chi connectivity index (χ3n) is 3.05. The van der Waals surface area contributed by atoms with Gasteiger partial charge in [0.05, 0.1) is 23.7 Å². The summed E-state index contributed by atoms with van der Waals surface area (Å²) < 4.78 is 31.4. The van der Waals surface area contributed by atoms with E-state index in [-0.39, 0.29) is 12.4 Å². The van der Waals surface area contributed by atoms with Crippen molar-refractivity contribution in [1.29, 1.82) is 0 Å². The van der Waals surface area contributed by atoms with Crippen LogP contribution in [0.1, 0.15) is 13.3 Å². The molecule has 1 heterocycles. The van der Waals surface area contributed by atoms with Gasteiger partial charge in [-0.25, -0.2) is 8.42 Å². The maximum Gasteiger partial charge on any atom is 0.237 e. The second-order valence-electron chi connectivity index (χ2n) is 4.38. The van der Waals surface area contributed by atoms with E-state index in [4.69, 9.17) is 4.74 Å². The van der Waals surface area contributed by atoms with Crippen LogP contribution in [0.15, 0.2) is 24.3 Å². The molecule has 0 atom stereocenters. The first-order valence-electron chi connectivity index (χ1n) is 6.56. The summed E-state index contributed by atoms with van der Waals surface area (Å²) in [4.78, 5) is 0. The summed E-state index contributed by atoms with van der Waals surface area (Å²) in [6, 6.07) is 7.51. The Kier molecular flexibility index (Phi) is 4.66. The second kappa shape index (κ2) is 6.25. The highest BCUT2D eigenvalue weighted by Crippen LogP contribution is 2.30. The van der Waals surface area contributed by atoms with Crippen molar-refractivity contribution >= 4 is 21.4 Å². The summed E-state index contributed by atoms with van der Waals surface area (Å²) in [6.07, 6.45) is 0.794. The number of nitrogens with zero attached hydrogens (tertiary/aromatic N) is 1. The highest BCUT2D eigenvalue weighted by Gasteiger charge is 2.25. The van der Waals surface area contributed by atoms with Crippen LogP contribution >= 0.6 is 0 Å². The summed E-state index contributed by atoms with van der Waals surface area (Å²) in [5, 5.41) is 3.26. The Hall–Kier alpha value is -1.27. The maximum atomic E-state index is 12.4. The van der Waals surface area contributed by atoms with Gasteiger partial charge in [-0.2, -0.15) is 0 Å². The fraction of sp³-hybridized carbons (Fsp3) is 0.538. The summed E-state index contributed by atoms with van der Waals surface area (Å²) in [6.45, 7) is 3.93. The molecule has 0 fully saturated rings. The van der Waals surface area contributed by atoms with Crippen LogP contribution in [0.25, 0.3) is 0 Å². The Morgan fingerprint density at radius 1 is 1.37 bits per heavy atom. The Morgan fingerprint density at radius 3 is 2.95 bits per heavy atom. The summed E-state index contributed by atoms with van der Waals surface area (Å²) in [5.41, 5.74) is 1.61. The average Bonchev–Trinajstić information content (AvgIpc) is 2.61. The number of fused-ring (bicyclic) bond motifs is 1. The number of anilines is 2. The lowest BCUT2D eigenvalue weighted by Gasteiger charge is -2.23. The zero-order valence-corrected chi connectivity index (χ0v) is 11.9. The predicted octanol–water partition coefficient (Wildman–Crippen LogP) is 1.67. The zero-order valence-electron chi connectivity index (χ0n) is 11.1. The van der Waals surface area contributed by atoms with Gasteiger partial charge in [0.25, 0.3) is 0 Å². The third-order valence-corrected chi connectivity index (χ3v) is 4.79. The fourth-order valence-electron chi connectivity index (χ4n) is 2.11. The molecule has 0 bridgehead atoms. The monoisotopic (exact) mass is 284 g/mol. The smallest absolute Gasteiger partial charge is 0.237 e. The minimum Gasteiger partial charge on any atom is -0.383 e. The first kappa shape index (κ1) is 14.1. The van der Waals surface area contributed by atoms with Crippen LogP contribution in [0.4, 0.5) is 11.4 Å². The van der Waals surface area contributed by atoms with Gasteiger partial charge in [-0.15, -0.1) is 0 Å². The number of rotatable bonds is 5. The molecule has 0 aromatic heterocycles. The molecule has 1 aliphatic rings. The molecule has 1 aliphatic heterocycles. The number of para-hydroxylation sites is 2.